The molecule has 0 spiro atoms. The first-order valence-electron chi connectivity index (χ1n) is 7.79. The Morgan fingerprint density at radius 3 is 2.52 bits per heavy atom. The van der Waals surface area contributed by atoms with E-state index >= 15 is 0 Å². The zero-order chi connectivity index (χ0) is 18.8. The van der Waals surface area contributed by atoms with Crippen LogP contribution in [0.25, 0.3) is 5.65 Å². The van der Waals surface area contributed by atoms with E-state index in [4.69, 9.17) is 4.74 Å². The summed E-state index contributed by atoms with van der Waals surface area (Å²) in [6.07, 6.45) is -4.02. The van der Waals surface area contributed by atoms with Gasteiger partial charge < -0.3 is 10.1 Å². The molecule has 0 aliphatic rings. The van der Waals surface area contributed by atoms with Gasteiger partial charge in [0.25, 0.3) is 5.91 Å². The Balaban J connectivity index is 2.42. The van der Waals surface area contributed by atoms with Crippen LogP contribution in [-0.4, -0.2) is 40.8 Å². The Morgan fingerprint density at radius 2 is 1.96 bits per heavy atom. The molecule has 0 aliphatic heterocycles. The fourth-order valence-electron chi connectivity index (χ4n) is 2.18. The summed E-state index contributed by atoms with van der Waals surface area (Å²) >= 11 is 0. The summed E-state index contributed by atoms with van der Waals surface area (Å²) in [6, 6.07) is 2.23. The maximum atomic E-state index is 13.4. The molecule has 2 aromatic heterocycles. The monoisotopic (exact) mass is 358 g/mol. The lowest BCUT2D eigenvalue weighted by Crippen LogP contribution is -2.25. The minimum atomic E-state index is -4.61. The molecule has 6 nitrogen and oxygen atoms in total. The molecule has 0 saturated heterocycles. The van der Waals surface area contributed by atoms with Gasteiger partial charge >= 0.3 is 6.18 Å². The zero-order valence-electron chi connectivity index (χ0n) is 14.6. The molecule has 0 atom stereocenters. The van der Waals surface area contributed by atoms with Crippen molar-refractivity contribution in [1.82, 2.24) is 19.9 Å². The highest BCUT2D eigenvalue weighted by molar-refractivity contribution is 5.93. The van der Waals surface area contributed by atoms with Crippen LogP contribution in [0.15, 0.2) is 12.1 Å². The number of amides is 1. The quantitative estimate of drug-likeness (QED) is 0.835. The lowest BCUT2D eigenvalue weighted by atomic mass is 9.91. The summed E-state index contributed by atoms with van der Waals surface area (Å²) in [7, 11) is 1.54. The van der Waals surface area contributed by atoms with Gasteiger partial charge in [-0.2, -0.15) is 18.3 Å². The SMILES string of the molecule is COCCCNC(=O)c1cc2nc(C(C)(C)C)cc(C(F)(F)F)n2n1. The normalized spacial score (nSPS) is 12.6. The first-order valence-corrected chi connectivity index (χ1v) is 7.79. The number of carbonyl (C=O) groups excluding carboxylic acids is 1. The third kappa shape index (κ3) is 4.47. The highest BCUT2D eigenvalue weighted by atomic mass is 19.4. The average molecular weight is 358 g/mol. The van der Waals surface area contributed by atoms with E-state index in [1.807, 2.05) is 0 Å². The van der Waals surface area contributed by atoms with E-state index in [1.165, 1.54) is 6.07 Å². The predicted octanol–water partition coefficient (Wildman–Crippen LogP) is 2.81. The molecular formula is C16H21F3N4O2. The van der Waals surface area contributed by atoms with E-state index < -0.39 is 23.2 Å². The van der Waals surface area contributed by atoms with E-state index in [9.17, 15) is 18.0 Å². The number of hydrogen-bond donors (Lipinski definition) is 1. The number of nitrogens with one attached hydrogen (secondary N) is 1. The molecule has 25 heavy (non-hydrogen) atoms. The molecule has 2 rings (SSSR count). The van der Waals surface area contributed by atoms with Crippen molar-refractivity contribution in [3.8, 4) is 0 Å². The van der Waals surface area contributed by atoms with Crippen molar-refractivity contribution in [2.45, 2.75) is 38.8 Å². The lowest BCUT2D eigenvalue weighted by molar-refractivity contribution is -0.142. The average Bonchev–Trinajstić information content (AvgIpc) is 2.92. The second kappa shape index (κ2) is 6.99. The van der Waals surface area contributed by atoms with Crippen molar-refractivity contribution in [2.24, 2.45) is 0 Å². The maximum absolute atomic E-state index is 13.4. The van der Waals surface area contributed by atoms with E-state index in [0.29, 0.717) is 24.1 Å². The molecule has 0 aromatic carbocycles. The molecule has 0 saturated carbocycles. The van der Waals surface area contributed by atoms with Gasteiger partial charge in [-0.15, -0.1) is 0 Å². The van der Waals surface area contributed by atoms with Crippen LogP contribution in [-0.2, 0) is 16.3 Å². The van der Waals surface area contributed by atoms with Gasteiger partial charge in [0.2, 0.25) is 0 Å². The van der Waals surface area contributed by atoms with Crippen LogP contribution in [0, 0.1) is 0 Å². The topological polar surface area (TPSA) is 68.5 Å². The predicted molar refractivity (Wildman–Crippen MR) is 85.5 cm³/mol. The number of rotatable bonds is 5. The van der Waals surface area contributed by atoms with Gasteiger partial charge in [0.1, 0.15) is 5.69 Å². The van der Waals surface area contributed by atoms with Crippen molar-refractivity contribution in [3.05, 3.63) is 29.2 Å². The van der Waals surface area contributed by atoms with Crippen molar-refractivity contribution < 1.29 is 22.7 Å². The van der Waals surface area contributed by atoms with Gasteiger partial charge in [0.05, 0.1) is 5.69 Å². The third-order valence-electron chi connectivity index (χ3n) is 3.53. The van der Waals surface area contributed by atoms with E-state index in [1.54, 1.807) is 27.9 Å². The van der Waals surface area contributed by atoms with Crippen LogP contribution in [0.5, 0.6) is 0 Å². The summed E-state index contributed by atoms with van der Waals surface area (Å²) in [5, 5.41) is 6.39. The van der Waals surface area contributed by atoms with Crippen LogP contribution in [0.3, 0.4) is 0 Å². The number of aromatic nitrogens is 3. The summed E-state index contributed by atoms with van der Waals surface area (Å²) in [5.74, 6) is -0.549. The van der Waals surface area contributed by atoms with E-state index in [2.05, 4.69) is 15.4 Å². The summed E-state index contributed by atoms with van der Waals surface area (Å²) in [4.78, 5) is 16.3. The van der Waals surface area contributed by atoms with Crippen molar-refractivity contribution in [1.29, 1.82) is 0 Å². The largest absolute Gasteiger partial charge is 0.433 e. The molecule has 9 heteroatoms. The molecule has 0 bridgehead atoms. The molecule has 2 heterocycles. The number of halogens is 3. The Hall–Kier alpha value is -2.16. The second-order valence-corrected chi connectivity index (χ2v) is 6.68. The molecule has 2 aromatic rings. The number of ether oxygens (including phenoxy) is 1. The Labute approximate surface area is 143 Å². The van der Waals surface area contributed by atoms with Crippen LogP contribution < -0.4 is 5.32 Å². The first-order chi connectivity index (χ1) is 11.5. The minimum absolute atomic E-state index is 0.0122. The number of nitrogens with zero attached hydrogens (tertiary/aromatic N) is 3. The number of carbonyl (C=O) groups is 1. The Morgan fingerprint density at radius 1 is 1.28 bits per heavy atom. The minimum Gasteiger partial charge on any atom is -0.385 e. The number of hydrogen-bond acceptors (Lipinski definition) is 4. The fourth-order valence-corrected chi connectivity index (χ4v) is 2.18. The van der Waals surface area contributed by atoms with Crippen LogP contribution in [0.1, 0.15) is 49.1 Å². The molecule has 0 unspecified atom stereocenters. The number of alkyl halides is 3. The maximum Gasteiger partial charge on any atom is 0.433 e. The molecule has 138 valence electrons. The van der Waals surface area contributed by atoms with Crippen LogP contribution in [0.2, 0.25) is 0 Å². The number of fused-ring (bicyclic) bond motifs is 1. The van der Waals surface area contributed by atoms with Crippen LogP contribution in [0.4, 0.5) is 13.2 Å². The van der Waals surface area contributed by atoms with Gasteiger partial charge in [-0.3, -0.25) is 4.79 Å². The number of methoxy groups -OCH3 is 1. The first kappa shape index (κ1) is 19.2. The molecule has 0 radical (unpaired) electrons. The van der Waals surface area contributed by atoms with Gasteiger partial charge in [-0.25, -0.2) is 9.50 Å². The summed E-state index contributed by atoms with van der Waals surface area (Å²) < 4.78 is 45.7. The third-order valence-corrected chi connectivity index (χ3v) is 3.53. The zero-order valence-corrected chi connectivity index (χ0v) is 14.6. The van der Waals surface area contributed by atoms with Gasteiger partial charge in [0, 0.05) is 31.7 Å². The smallest absolute Gasteiger partial charge is 0.385 e. The van der Waals surface area contributed by atoms with Crippen molar-refractivity contribution in [2.75, 3.05) is 20.3 Å². The van der Waals surface area contributed by atoms with Gasteiger partial charge in [0.15, 0.2) is 11.3 Å². The lowest BCUT2D eigenvalue weighted by Gasteiger charge is -2.19. The Bertz CT molecular complexity index is 763. The van der Waals surface area contributed by atoms with Gasteiger partial charge in [-0.05, 0) is 12.5 Å². The summed E-state index contributed by atoms with van der Waals surface area (Å²) in [5.41, 5.74) is -1.38. The van der Waals surface area contributed by atoms with E-state index in [0.717, 1.165) is 6.07 Å². The molecular weight excluding hydrogens is 337 g/mol. The molecule has 0 fully saturated rings. The summed E-state index contributed by atoms with van der Waals surface area (Å²) in [6.45, 7) is 6.12. The molecule has 1 N–H and O–H groups in total. The highest BCUT2D eigenvalue weighted by Crippen LogP contribution is 2.32. The van der Waals surface area contributed by atoms with Gasteiger partial charge in [-0.1, -0.05) is 20.8 Å². The fraction of sp³-hybridized carbons (Fsp3) is 0.562. The highest BCUT2D eigenvalue weighted by Gasteiger charge is 2.36. The van der Waals surface area contributed by atoms with Crippen molar-refractivity contribution >= 4 is 11.6 Å². The van der Waals surface area contributed by atoms with Crippen molar-refractivity contribution in [3.63, 3.8) is 0 Å². The Kier molecular flexibility index (Phi) is 5.36. The standard InChI is InChI=1S/C16H21F3N4O2/c1-15(2,3)11-9-12(16(17,18)19)23-13(21-11)8-10(22-23)14(24)20-6-5-7-25-4/h8-9H,5-7H2,1-4H3,(H,20,24). The molecule has 1 amide bonds. The second-order valence-electron chi connectivity index (χ2n) is 6.68. The van der Waals surface area contributed by atoms with E-state index in [-0.39, 0.29) is 17.0 Å². The molecule has 0 aliphatic carbocycles. The van der Waals surface area contributed by atoms with Crippen LogP contribution >= 0.6 is 0 Å².